The number of furan rings is 1. The van der Waals surface area contributed by atoms with Crippen molar-refractivity contribution in [1.29, 1.82) is 0 Å². The predicted octanol–water partition coefficient (Wildman–Crippen LogP) is 2.54. The lowest BCUT2D eigenvalue weighted by Crippen LogP contribution is -2.30. The molecule has 0 spiro atoms. The van der Waals surface area contributed by atoms with Crippen LogP contribution >= 0.6 is 11.6 Å². The molecule has 0 amide bonds. The van der Waals surface area contributed by atoms with Gasteiger partial charge in [-0.3, -0.25) is 5.84 Å². The highest BCUT2D eigenvalue weighted by Gasteiger charge is 2.16. The summed E-state index contributed by atoms with van der Waals surface area (Å²) in [7, 11) is 4.06. The van der Waals surface area contributed by atoms with Gasteiger partial charge in [0.1, 0.15) is 5.76 Å². The molecule has 0 aliphatic heterocycles. The number of hydrazine groups is 1. The number of halogens is 1. The van der Waals surface area contributed by atoms with Gasteiger partial charge in [0.15, 0.2) is 5.58 Å². The van der Waals surface area contributed by atoms with E-state index in [0.29, 0.717) is 5.02 Å². The Bertz CT molecular complexity index is 524. The average Bonchev–Trinajstić information content (AvgIpc) is 2.75. The van der Waals surface area contributed by atoms with Crippen molar-refractivity contribution < 1.29 is 4.42 Å². The van der Waals surface area contributed by atoms with Gasteiger partial charge in [0, 0.05) is 5.39 Å². The summed E-state index contributed by atoms with van der Waals surface area (Å²) in [4.78, 5) is 2.11. The first-order valence-electron chi connectivity index (χ1n) is 5.90. The molecule has 1 atom stereocenters. The van der Waals surface area contributed by atoms with Gasteiger partial charge in [-0.2, -0.15) is 0 Å². The van der Waals surface area contributed by atoms with Crippen molar-refractivity contribution in [3.63, 3.8) is 0 Å². The van der Waals surface area contributed by atoms with E-state index in [9.17, 15) is 0 Å². The molecule has 1 heterocycles. The van der Waals surface area contributed by atoms with E-state index in [0.717, 1.165) is 29.7 Å². The van der Waals surface area contributed by atoms with Crippen LogP contribution < -0.4 is 11.3 Å². The summed E-state index contributed by atoms with van der Waals surface area (Å²) in [6, 6.07) is 7.70. The molecule has 5 heteroatoms. The minimum atomic E-state index is -0.00383. The Morgan fingerprint density at radius 3 is 2.83 bits per heavy atom. The number of nitrogens with zero attached hydrogens (tertiary/aromatic N) is 1. The first kappa shape index (κ1) is 13.4. The van der Waals surface area contributed by atoms with Gasteiger partial charge in [0.2, 0.25) is 0 Å². The SMILES string of the molecule is CN(C)CCC(NN)c1cc2cccc(Cl)c2o1. The number of benzene rings is 1. The lowest BCUT2D eigenvalue weighted by atomic mass is 10.1. The van der Waals surface area contributed by atoms with E-state index in [1.165, 1.54) is 0 Å². The molecule has 0 fully saturated rings. The largest absolute Gasteiger partial charge is 0.458 e. The molecule has 0 radical (unpaired) electrons. The summed E-state index contributed by atoms with van der Waals surface area (Å²) in [5, 5.41) is 1.63. The first-order chi connectivity index (χ1) is 8.61. The molecule has 0 bridgehead atoms. The van der Waals surface area contributed by atoms with Crippen molar-refractivity contribution in [2.24, 2.45) is 5.84 Å². The molecular weight excluding hydrogens is 250 g/mol. The second-order valence-electron chi connectivity index (χ2n) is 4.62. The molecule has 18 heavy (non-hydrogen) atoms. The minimum absolute atomic E-state index is 0.00383. The summed E-state index contributed by atoms with van der Waals surface area (Å²) in [6.07, 6.45) is 0.876. The van der Waals surface area contributed by atoms with E-state index in [2.05, 4.69) is 10.3 Å². The summed E-state index contributed by atoms with van der Waals surface area (Å²) < 4.78 is 5.79. The maximum Gasteiger partial charge on any atom is 0.152 e. The second-order valence-corrected chi connectivity index (χ2v) is 5.03. The standard InChI is InChI=1S/C13H18ClN3O/c1-17(2)7-6-11(16-15)12-8-9-4-3-5-10(14)13(9)18-12/h3-5,8,11,16H,6-7,15H2,1-2H3. The predicted molar refractivity (Wildman–Crippen MR) is 74.5 cm³/mol. The van der Waals surface area contributed by atoms with Crippen molar-refractivity contribution >= 4 is 22.6 Å². The van der Waals surface area contributed by atoms with Crippen molar-refractivity contribution in [1.82, 2.24) is 10.3 Å². The van der Waals surface area contributed by atoms with Crippen LogP contribution in [0.1, 0.15) is 18.2 Å². The van der Waals surface area contributed by atoms with Crippen LogP contribution in [0.2, 0.25) is 5.02 Å². The molecule has 4 nitrogen and oxygen atoms in total. The number of hydrogen-bond donors (Lipinski definition) is 2. The van der Waals surface area contributed by atoms with Gasteiger partial charge in [-0.05, 0) is 39.2 Å². The van der Waals surface area contributed by atoms with E-state index in [1.807, 2.05) is 38.4 Å². The van der Waals surface area contributed by atoms with E-state index < -0.39 is 0 Å². The monoisotopic (exact) mass is 267 g/mol. The summed E-state index contributed by atoms with van der Waals surface area (Å²) >= 11 is 6.09. The quantitative estimate of drug-likeness (QED) is 0.646. The van der Waals surface area contributed by atoms with Gasteiger partial charge in [-0.15, -0.1) is 0 Å². The topological polar surface area (TPSA) is 54.4 Å². The van der Waals surface area contributed by atoms with Crippen molar-refractivity contribution in [3.05, 3.63) is 35.0 Å². The molecule has 1 aromatic carbocycles. The van der Waals surface area contributed by atoms with Crippen LogP contribution in [0.15, 0.2) is 28.7 Å². The van der Waals surface area contributed by atoms with Crippen LogP contribution in [0.3, 0.4) is 0 Å². The molecule has 1 unspecified atom stereocenters. The van der Waals surface area contributed by atoms with Crippen molar-refractivity contribution in [2.45, 2.75) is 12.5 Å². The fourth-order valence-electron chi connectivity index (χ4n) is 1.91. The Hall–Kier alpha value is -1.07. The highest BCUT2D eigenvalue weighted by Crippen LogP contribution is 2.30. The van der Waals surface area contributed by atoms with Crippen LogP contribution in [-0.4, -0.2) is 25.5 Å². The van der Waals surface area contributed by atoms with Gasteiger partial charge in [0.05, 0.1) is 11.1 Å². The maximum absolute atomic E-state index is 6.09. The van der Waals surface area contributed by atoms with Gasteiger partial charge in [-0.1, -0.05) is 23.7 Å². The van der Waals surface area contributed by atoms with E-state index in [-0.39, 0.29) is 6.04 Å². The summed E-state index contributed by atoms with van der Waals surface area (Å²) in [5.41, 5.74) is 3.51. The van der Waals surface area contributed by atoms with Gasteiger partial charge in [0.25, 0.3) is 0 Å². The Labute approximate surface area is 112 Å². The lowest BCUT2D eigenvalue weighted by Gasteiger charge is -2.16. The lowest BCUT2D eigenvalue weighted by molar-refractivity contribution is 0.339. The maximum atomic E-state index is 6.09. The van der Waals surface area contributed by atoms with Crippen LogP contribution in [0.5, 0.6) is 0 Å². The summed E-state index contributed by atoms with van der Waals surface area (Å²) in [5.74, 6) is 6.41. The van der Waals surface area contributed by atoms with Crippen molar-refractivity contribution in [2.75, 3.05) is 20.6 Å². The molecule has 98 valence electrons. The molecule has 1 aromatic heterocycles. The van der Waals surface area contributed by atoms with Gasteiger partial charge >= 0.3 is 0 Å². The second kappa shape index (κ2) is 5.71. The van der Waals surface area contributed by atoms with Crippen molar-refractivity contribution in [3.8, 4) is 0 Å². The zero-order chi connectivity index (χ0) is 13.1. The van der Waals surface area contributed by atoms with E-state index in [1.54, 1.807) is 0 Å². The molecule has 0 aliphatic rings. The molecule has 0 aliphatic carbocycles. The number of fused-ring (bicyclic) bond motifs is 1. The Morgan fingerprint density at radius 1 is 1.44 bits per heavy atom. The summed E-state index contributed by atoms with van der Waals surface area (Å²) in [6.45, 7) is 0.930. The normalized spacial score (nSPS) is 13.4. The number of nitrogens with two attached hydrogens (primary N) is 1. The zero-order valence-electron chi connectivity index (χ0n) is 10.6. The number of para-hydroxylation sites is 1. The Morgan fingerprint density at radius 2 is 2.22 bits per heavy atom. The average molecular weight is 268 g/mol. The fraction of sp³-hybridized carbons (Fsp3) is 0.385. The molecule has 0 saturated carbocycles. The smallest absolute Gasteiger partial charge is 0.152 e. The molecular formula is C13H18ClN3O. The third kappa shape index (κ3) is 2.84. The number of nitrogens with one attached hydrogen (secondary N) is 1. The third-order valence-corrected chi connectivity index (χ3v) is 3.22. The molecule has 2 rings (SSSR count). The van der Waals surface area contributed by atoms with Crippen LogP contribution in [0, 0.1) is 0 Å². The van der Waals surface area contributed by atoms with E-state index in [4.69, 9.17) is 21.9 Å². The number of hydrogen-bond acceptors (Lipinski definition) is 4. The van der Waals surface area contributed by atoms with Gasteiger partial charge < -0.3 is 9.32 Å². The number of rotatable bonds is 5. The Kier molecular flexibility index (Phi) is 4.24. The minimum Gasteiger partial charge on any atom is -0.458 e. The Balaban J connectivity index is 2.25. The zero-order valence-corrected chi connectivity index (χ0v) is 11.4. The molecule has 0 saturated heterocycles. The first-order valence-corrected chi connectivity index (χ1v) is 6.28. The molecule has 2 aromatic rings. The van der Waals surface area contributed by atoms with Crippen LogP contribution in [0.4, 0.5) is 0 Å². The fourth-order valence-corrected chi connectivity index (χ4v) is 2.13. The van der Waals surface area contributed by atoms with Crippen LogP contribution in [-0.2, 0) is 0 Å². The van der Waals surface area contributed by atoms with Gasteiger partial charge in [-0.25, -0.2) is 5.43 Å². The highest BCUT2D eigenvalue weighted by atomic mass is 35.5. The molecule has 3 N–H and O–H groups in total. The van der Waals surface area contributed by atoms with Crippen LogP contribution in [0.25, 0.3) is 11.0 Å². The third-order valence-electron chi connectivity index (χ3n) is 2.92. The van der Waals surface area contributed by atoms with E-state index >= 15 is 0 Å². The highest BCUT2D eigenvalue weighted by molar-refractivity contribution is 6.34.